The maximum Gasteiger partial charge on any atom is 0.407 e. The lowest BCUT2D eigenvalue weighted by Gasteiger charge is -2.46. The molecule has 4 rings (SSSR count). The highest BCUT2D eigenvalue weighted by Gasteiger charge is 2.51. The summed E-state index contributed by atoms with van der Waals surface area (Å²) in [6, 6.07) is 26.5. The van der Waals surface area contributed by atoms with Gasteiger partial charge >= 0.3 is 6.09 Å². The molecule has 0 bridgehead atoms. The quantitative estimate of drug-likeness (QED) is 0.227. The van der Waals surface area contributed by atoms with Crippen molar-refractivity contribution in [3.63, 3.8) is 0 Å². The number of rotatable bonds is 8. The number of nitro groups is 1. The Morgan fingerprint density at radius 3 is 2.12 bits per heavy atom. The molecule has 0 aromatic heterocycles. The number of carbonyl (C=O) groups is 1. The van der Waals surface area contributed by atoms with Gasteiger partial charge in [-0.3, -0.25) is 10.1 Å². The third-order valence-electron chi connectivity index (χ3n) is 7.51. The van der Waals surface area contributed by atoms with E-state index in [1.165, 1.54) is 11.0 Å². The van der Waals surface area contributed by atoms with Crippen LogP contribution in [-0.2, 0) is 9.16 Å². The highest BCUT2D eigenvalue weighted by atomic mass is 28.4. The molecule has 210 valence electrons. The molecule has 0 unspecified atom stereocenters. The molecule has 8 nitrogen and oxygen atoms in total. The predicted octanol–water partition coefficient (Wildman–Crippen LogP) is 5.32. The Morgan fingerprint density at radius 1 is 1.05 bits per heavy atom. The van der Waals surface area contributed by atoms with Crippen molar-refractivity contribution in [2.24, 2.45) is 0 Å². The van der Waals surface area contributed by atoms with Crippen LogP contribution in [0.5, 0.6) is 0 Å². The number of nitro benzene ring substituents is 1. The first-order chi connectivity index (χ1) is 19.0. The molecule has 1 heterocycles. The molecule has 1 N–H and O–H groups in total. The minimum Gasteiger partial charge on any atom is -0.465 e. The van der Waals surface area contributed by atoms with Crippen LogP contribution in [0.3, 0.4) is 0 Å². The third kappa shape index (κ3) is 6.01. The van der Waals surface area contributed by atoms with E-state index in [-0.39, 0.29) is 23.9 Å². The van der Waals surface area contributed by atoms with Crippen LogP contribution in [0.4, 0.5) is 10.5 Å². The summed E-state index contributed by atoms with van der Waals surface area (Å²) in [6.07, 6.45) is 1.13. The Bertz CT molecular complexity index is 1300. The highest BCUT2D eigenvalue weighted by Crippen LogP contribution is 2.37. The summed E-state index contributed by atoms with van der Waals surface area (Å²) < 4.78 is 13.5. The van der Waals surface area contributed by atoms with Gasteiger partial charge in [0.1, 0.15) is 6.10 Å². The Balaban J connectivity index is 1.67. The number of benzene rings is 3. The van der Waals surface area contributed by atoms with E-state index in [0.29, 0.717) is 5.56 Å². The van der Waals surface area contributed by atoms with Crippen LogP contribution in [0, 0.1) is 10.1 Å². The molecule has 40 heavy (non-hydrogen) atoms. The van der Waals surface area contributed by atoms with Gasteiger partial charge in [-0.2, -0.15) is 0 Å². The Labute approximate surface area is 236 Å². The van der Waals surface area contributed by atoms with Crippen molar-refractivity contribution < 1.29 is 24.0 Å². The van der Waals surface area contributed by atoms with Gasteiger partial charge in [0.05, 0.1) is 35.8 Å². The van der Waals surface area contributed by atoms with E-state index < -0.39 is 37.6 Å². The fourth-order valence-corrected chi connectivity index (χ4v) is 10.0. The molecule has 3 atom stereocenters. The molecule has 1 aliphatic heterocycles. The first-order valence-electron chi connectivity index (χ1n) is 13.4. The summed E-state index contributed by atoms with van der Waals surface area (Å²) in [5.74, 6) is 0. The van der Waals surface area contributed by atoms with Crippen molar-refractivity contribution in [3.05, 3.63) is 107 Å². The van der Waals surface area contributed by atoms with Crippen molar-refractivity contribution in [2.75, 3.05) is 13.2 Å². The predicted molar refractivity (Wildman–Crippen MR) is 159 cm³/mol. The summed E-state index contributed by atoms with van der Waals surface area (Å²) in [7, 11) is -2.86. The minimum atomic E-state index is -2.86. The van der Waals surface area contributed by atoms with E-state index in [1.807, 2.05) is 43.3 Å². The van der Waals surface area contributed by atoms with Crippen molar-refractivity contribution in [1.82, 2.24) is 4.90 Å². The number of morpholine rings is 1. The van der Waals surface area contributed by atoms with Gasteiger partial charge in [-0.15, -0.1) is 0 Å². The molecule has 3 aromatic carbocycles. The van der Waals surface area contributed by atoms with Crippen molar-refractivity contribution in [3.8, 4) is 0 Å². The van der Waals surface area contributed by atoms with E-state index in [0.717, 1.165) is 10.4 Å². The number of ether oxygens (including phenoxy) is 1. The number of carboxylic acid groups (broad SMARTS) is 1. The second-order valence-electron chi connectivity index (χ2n) is 11.0. The number of amides is 1. The normalized spacial score (nSPS) is 20.0. The second kappa shape index (κ2) is 12.2. The zero-order valence-corrected chi connectivity index (χ0v) is 24.3. The molecule has 0 aliphatic carbocycles. The van der Waals surface area contributed by atoms with Crippen LogP contribution in [-0.4, -0.2) is 60.7 Å². The summed E-state index contributed by atoms with van der Waals surface area (Å²) in [5, 5.41) is 23.4. The van der Waals surface area contributed by atoms with E-state index >= 15 is 0 Å². The molecule has 1 fully saturated rings. The van der Waals surface area contributed by atoms with Crippen LogP contribution >= 0.6 is 0 Å². The zero-order chi connectivity index (χ0) is 28.9. The topological polar surface area (TPSA) is 102 Å². The van der Waals surface area contributed by atoms with Gasteiger partial charge in [0, 0.05) is 6.07 Å². The number of hydrogen-bond donors (Lipinski definition) is 1. The lowest BCUT2D eigenvalue weighted by molar-refractivity contribution is -0.385. The van der Waals surface area contributed by atoms with Crippen molar-refractivity contribution in [1.29, 1.82) is 0 Å². The molecular weight excluding hydrogens is 524 g/mol. The summed E-state index contributed by atoms with van der Waals surface area (Å²) in [5.41, 5.74) is 0.404. The number of hydrogen-bond acceptors (Lipinski definition) is 5. The first-order valence-corrected chi connectivity index (χ1v) is 15.3. The standard InChI is InChI=1S/C31H36N2O6Si/c1-23-29(39-25(21-32(23)30(34)35)20-19-24-13-11-12-18-28(24)33(36)37)22-38-40(31(2,3)4,26-14-7-5-8-15-26)27-16-9-6-10-17-27/h5-20,23,25,29H,21-22H2,1-4H3,(H,34,35)/t23-,25-,29-/m1/s1. The van der Waals surface area contributed by atoms with E-state index in [9.17, 15) is 20.0 Å². The van der Waals surface area contributed by atoms with Crippen LogP contribution in [0.15, 0.2) is 91.0 Å². The van der Waals surface area contributed by atoms with Crippen LogP contribution in [0.1, 0.15) is 33.3 Å². The molecule has 0 radical (unpaired) electrons. The minimum absolute atomic E-state index is 0.0235. The fraction of sp³-hybridized carbons (Fsp3) is 0.323. The highest BCUT2D eigenvalue weighted by molar-refractivity contribution is 6.99. The molecule has 1 saturated heterocycles. The Morgan fingerprint density at radius 2 is 1.60 bits per heavy atom. The molecule has 3 aromatic rings. The summed E-state index contributed by atoms with van der Waals surface area (Å²) in [6.45, 7) is 8.69. The fourth-order valence-electron chi connectivity index (χ4n) is 5.45. The largest absolute Gasteiger partial charge is 0.465 e. The molecule has 1 aliphatic rings. The first kappa shape index (κ1) is 29.2. The average Bonchev–Trinajstić information content (AvgIpc) is 2.93. The number of para-hydroxylation sites is 1. The lowest BCUT2D eigenvalue weighted by Crippen LogP contribution is -2.68. The molecule has 0 spiro atoms. The van der Waals surface area contributed by atoms with Gasteiger partial charge in [0.2, 0.25) is 0 Å². The van der Waals surface area contributed by atoms with Crippen LogP contribution < -0.4 is 10.4 Å². The molecule has 0 saturated carbocycles. The maximum absolute atomic E-state index is 12.2. The van der Waals surface area contributed by atoms with Gasteiger partial charge in [0.25, 0.3) is 14.0 Å². The Kier molecular flexibility index (Phi) is 8.87. The van der Waals surface area contributed by atoms with Gasteiger partial charge in [-0.25, -0.2) is 4.79 Å². The maximum atomic E-state index is 12.2. The van der Waals surface area contributed by atoms with Gasteiger partial charge < -0.3 is 19.2 Å². The zero-order valence-electron chi connectivity index (χ0n) is 23.3. The van der Waals surface area contributed by atoms with E-state index in [2.05, 4.69) is 45.0 Å². The summed E-state index contributed by atoms with van der Waals surface area (Å²) >= 11 is 0. The molecule has 9 heteroatoms. The monoisotopic (exact) mass is 560 g/mol. The van der Waals surface area contributed by atoms with Crippen LogP contribution in [0.25, 0.3) is 6.08 Å². The lowest BCUT2D eigenvalue weighted by atomic mass is 10.1. The van der Waals surface area contributed by atoms with Gasteiger partial charge in [0.15, 0.2) is 0 Å². The molecular formula is C31H36N2O6Si. The SMILES string of the molecule is C[C@@H]1[C@@H](CO[Si](c2ccccc2)(c2ccccc2)C(C)(C)C)O[C@H](C=Cc2ccccc2[N+](=O)[O-])CN1C(=O)O. The van der Waals surface area contributed by atoms with Gasteiger partial charge in [-0.1, -0.05) is 99.6 Å². The second-order valence-corrected chi connectivity index (χ2v) is 15.3. The van der Waals surface area contributed by atoms with Crippen LogP contribution in [0.2, 0.25) is 5.04 Å². The summed E-state index contributed by atoms with van der Waals surface area (Å²) in [4.78, 5) is 24.6. The average molecular weight is 561 g/mol. The van der Waals surface area contributed by atoms with E-state index in [4.69, 9.17) is 9.16 Å². The smallest absolute Gasteiger partial charge is 0.407 e. The van der Waals surface area contributed by atoms with E-state index in [1.54, 1.807) is 30.4 Å². The van der Waals surface area contributed by atoms with Crippen molar-refractivity contribution >= 4 is 36.5 Å². The van der Waals surface area contributed by atoms with Gasteiger partial charge in [-0.05, 0) is 34.5 Å². The molecule has 1 amide bonds. The third-order valence-corrected chi connectivity index (χ3v) is 12.5. The number of nitrogens with zero attached hydrogens (tertiary/aromatic N) is 2. The Hall–Kier alpha value is -3.79. The van der Waals surface area contributed by atoms with Crippen molar-refractivity contribution in [2.45, 2.75) is 51.0 Å².